The highest BCUT2D eigenvalue weighted by molar-refractivity contribution is 7.90. The predicted molar refractivity (Wildman–Crippen MR) is 64.3 cm³/mol. The molecular weight excluding hydrogens is 240 g/mol. The first-order valence-electron chi connectivity index (χ1n) is 5.43. The summed E-state index contributed by atoms with van der Waals surface area (Å²) in [5.41, 5.74) is 1.62. The molecule has 0 heterocycles. The number of hydrogen-bond donors (Lipinski definition) is 0. The van der Waals surface area contributed by atoms with Gasteiger partial charge in [-0.05, 0) is 12.5 Å². The molecule has 0 aliphatic heterocycles. The summed E-state index contributed by atoms with van der Waals surface area (Å²) in [5.74, 6) is 0.760. The molecule has 0 atom stereocenters. The van der Waals surface area contributed by atoms with Crippen molar-refractivity contribution >= 4 is 15.6 Å². The summed E-state index contributed by atoms with van der Waals surface area (Å²) in [6.45, 7) is 0.128. The van der Waals surface area contributed by atoms with Crippen LogP contribution >= 0.6 is 0 Å². The summed E-state index contributed by atoms with van der Waals surface area (Å²) in [7, 11) is -3.01. The van der Waals surface area contributed by atoms with Crippen molar-refractivity contribution in [1.82, 2.24) is 0 Å². The Balaban J connectivity index is 2.10. The van der Waals surface area contributed by atoms with Gasteiger partial charge in [0.2, 0.25) is 0 Å². The molecule has 0 aromatic heterocycles. The molecule has 1 aromatic rings. The Morgan fingerprint density at radius 2 is 2.06 bits per heavy atom. The lowest BCUT2D eigenvalue weighted by molar-refractivity contribution is 0.0994. The summed E-state index contributed by atoms with van der Waals surface area (Å²) in [6.07, 6.45) is 2.38. The summed E-state index contributed by atoms with van der Waals surface area (Å²) in [5, 5.41) is 0. The number of ketones is 1. The summed E-state index contributed by atoms with van der Waals surface area (Å²) >= 11 is 0. The lowest BCUT2D eigenvalue weighted by atomic mass is 10.1. The minimum absolute atomic E-state index is 0.00931. The number of ether oxygens (including phenoxy) is 1. The predicted octanol–water partition coefficient (Wildman–Crippen LogP) is 1.24. The fraction of sp³-hybridized carbons (Fsp3) is 0.417. The Morgan fingerprint density at radius 1 is 1.29 bits per heavy atom. The minimum atomic E-state index is -3.01. The number of hydrogen-bond acceptors (Lipinski definition) is 4. The molecule has 0 amide bonds. The minimum Gasteiger partial charge on any atom is -0.492 e. The maximum Gasteiger partial charge on any atom is 0.163 e. The molecule has 0 saturated carbocycles. The van der Waals surface area contributed by atoms with Crippen molar-refractivity contribution < 1.29 is 17.9 Å². The van der Waals surface area contributed by atoms with Crippen LogP contribution in [-0.4, -0.2) is 32.8 Å². The van der Waals surface area contributed by atoms with Crippen molar-refractivity contribution in [3.63, 3.8) is 0 Å². The van der Waals surface area contributed by atoms with E-state index in [0.717, 1.165) is 5.56 Å². The number of rotatable bonds is 4. The van der Waals surface area contributed by atoms with Gasteiger partial charge in [-0.25, -0.2) is 8.42 Å². The number of sulfone groups is 1. The fourth-order valence-electron chi connectivity index (χ4n) is 1.90. The largest absolute Gasteiger partial charge is 0.492 e. The van der Waals surface area contributed by atoms with Gasteiger partial charge < -0.3 is 4.74 Å². The molecular formula is C12H14O4S. The molecule has 1 aliphatic carbocycles. The monoisotopic (exact) mass is 254 g/mol. The zero-order valence-corrected chi connectivity index (χ0v) is 10.4. The molecule has 1 aliphatic rings. The Bertz CT molecular complexity index is 546. The van der Waals surface area contributed by atoms with E-state index in [1.807, 2.05) is 0 Å². The quantitative estimate of drug-likeness (QED) is 0.811. The average Bonchev–Trinajstić information content (AvgIpc) is 2.60. The van der Waals surface area contributed by atoms with Gasteiger partial charge in [0.05, 0.1) is 5.75 Å². The van der Waals surface area contributed by atoms with Crippen LogP contribution < -0.4 is 4.74 Å². The number of carbonyl (C=O) groups excluding carboxylic acids is 1. The summed E-state index contributed by atoms with van der Waals surface area (Å²) < 4.78 is 27.4. The topological polar surface area (TPSA) is 60.4 Å². The maximum atomic E-state index is 11.5. The van der Waals surface area contributed by atoms with E-state index in [9.17, 15) is 13.2 Å². The molecule has 0 N–H and O–H groups in total. The highest BCUT2D eigenvalue weighted by Crippen LogP contribution is 2.30. The maximum absolute atomic E-state index is 11.5. The summed E-state index contributed by atoms with van der Waals surface area (Å²) in [4.78, 5) is 11.5. The second-order valence-electron chi connectivity index (χ2n) is 4.18. The van der Waals surface area contributed by atoms with Gasteiger partial charge in [0, 0.05) is 23.8 Å². The van der Waals surface area contributed by atoms with Crippen LogP contribution in [0.15, 0.2) is 18.2 Å². The van der Waals surface area contributed by atoms with E-state index < -0.39 is 9.84 Å². The molecule has 0 bridgehead atoms. The van der Waals surface area contributed by atoms with E-state index >= 15 is 0 Å². The van der Waals surface area contributed by atoms with Crippen molar-refractivity contribution in [2.45, 2.75) is 12.8 Å². The van der Waals surface area contributed by atoms with E-state index in [-0.39, 0.29) is 18.1 Å². The van der Waals surface area contributed by atoms with Crippen LogP contribution in [0, 0.1) is 0 Å². The molecule has 17 heavy (non-hydrogen) atoms. The molecule has 1 aromatic carbocycles. The Labute approximate surface area is 101 Å². The number of fused-ring (bicyclic) bond motifs is 1. The highest BCUT2D eigenvalue weighted by Gasteiger charge is 2.22. The molecule has 92 valence electrons. The second-order valence-corrected chi connectivity index (χ2v) is 6.44. The first-order chi connectivity index (χ1) is 7.97. The number of Topliss-reactive ketones (excluding diaryl/α,β-unsaturated/α-hetero) is 1. The SMILES string of the molecule is CS(=O)(=O)CCOc1cccc2c1CCC2=O. The molecule has 0 saturated heterocycles. The normalized spacial score (nSPS) is 14.8. The Morgan fingerprint density at radius 3 is 2.76 bits per heavy atom. The van der Waals surface area contributed by atoms with E-state index in [1.54, 1.807) is 18.2 Å². The Hall–Kier alpha value is -1.36. The number of carbonyl (C=O) groups is 1. The van der Waals surface area contributed by atoms with Crippen LogP contribution in [0.5, 0.6) is 5.75 Å². The number of benzene rings is 1. The van der Waals surface area contributed by atoms with Gasteiger partial charge in [-0.1, -0.05) is 12.1 Å². The van der Waals surface area contributed by atoms with Crippen LogP contribution in [0.25, 0.3) is 0 Å². The van der Waals surface area contributed by atoms with Gasteiger partial charge in [-0.15, -0.1) is 0 Å². The van der Waals surface area contributed by atoms with Gasteiger partial charge in [0.25, 0.3) is 0 Å². The molecule has 0 unspecified atom stereocenters. The molecule has 4 nitrogen and oxygen atoms in total. The van der Waals surface area contributed by atoms with E-state index in [4.69, 9.17) is 4.74 Å². The van der Waals surface area contributed by atoms with E-state index in [2.05, 4.69) is 0 Å². The first kappa shape index (κ1) is 12.1. The van der Waals surface area contributed by atoms with Crippen molar-refractivity contribution in [2.75, 3.05) is 18.6 Å². The molecule has 0 spiro atoms. The lowest BCUT2D eigenvalue weighted by Crippen LogP contribution is -2.12. The first-order valence-corrected chi connectivity index (χ1v) is 7.49. The van der Waals surface area contributed by atoms with Gasteiger partial charge in [-0.2, -0.15) is 0 Å². The highest BCUT2D eigenvalue weighted by atomic mass is 32.2. The molecule has 5 heteroatoms. The smallest absolute Gasteiger partial charge is 0.163 e. The third-order valence-electron chi connectivity index (χ3n) is 2.75. The Kier molecular flexibility index (Phi) is 3.19. The van der Waals surface area contributed by atoms with Crippen LogP contribution in [0.4, 0.5) is 0 Å². The zero-order valence-electron chi connectivity index (χ0n) is 9.60. The van der Waals surface area contributed by atoms with Crippen LogP contribution in [0.2, 0.25) is 0 Å². The molecule has 0 fully saturated rings. The third kappa shape index (κ3) is 2.85. The molecule has 2 rings (SSSR count). The van der Waals surface area contributed by atoms with Crippen molar-refractivity contribution in [3.8, 4) is 5.75 Å². The van der Waals surface area contributed by atoms with Crippen molar-refractivity contribution in [1.29, 1.82) is 0 Å². The van der Waals surface area contributed by atoms with Crippen LogP contribution in [0.3, 0.4) is 0 Å². The fourth-order valence-corrected chi connectivity index (χ4v) is 2.28. The van der Waals surface area contributed by atoms with Crippen molar-refractivity contribution in [3.05, 3.63) is 29.3 Å². The van der Waals surface area contributed by atoms with Gasteiger partial charge in [0.1, 0.15) is 12.4 Å². The van der Waals surface area contributed by atoms with E-state index in [1.165, 1.54) is 6.26 Å². The summed E-state index contributed by atoms with van der Waals surface area (Å²) in [6, 6.07) is 5.33. The van der Waals surface area contributed by atoms with Crippen LogP contribution in [0.1, 0.15) is 22.3 Å². The van der Waals surface area contributed by atoms with Gasteiger partial charge in [-0.3, -0.25) is 4.79 Å². The van der Waals surface area contributed by atoms with E-state index in [0.29, 0.717) is 24.2 Å². The van der Waals surface area contributed by atoms with Crippen LogP contribution in [-0.2, 0) is 16.3 Å². The van der Waals surface area contributed by atoms with Gasteiger partial charge in [0.15, 0.2) is 15.6 Å². The lowest BCUT2D eigenvalue weighted by Gasteiger charge is -2.09. The van der Waals surface area contributed by atoms with Crippen molar-refractivity contribution in [2.24, 2.45) is 0 Å². The second kappa shape index (κ2) is 4.49. The third-order valence-corrected chi connectivity index (χ3v) is 3.66. The average molecular weight is 254 g/mol. The standard InChI is InChI=1S/C12H14O4S/c1-17(14,15)8-7-16-12-4-2-3-9-10(12)5-6-11(9)13/h2-4H,5-8H2,1H3. The molecule has 0 radical (unpaired) electrons. The van der Waals surface area contributed by atoms with Gasteiger partial charge >= 0.3 is 0 Å². The zero-order chi connectivity index (χ0) is 12.5.